The van der Waals surface area contributed by atoms with Crippen molar-refractivity contribution in [2.45, 2.75) is 33.1 Å². The van der Waals surface area contributed by atoms with Crippen LogP contribution >= 0.6 is 24.0 Å². The molecular formula is C17H28IN3. The highest BCUT2D eigenvalue weighted by Gasteiger charge is 2.24. The summed E-state index contributed by atoms with van der Waals surface area (Å²) in [5, 5.41) is 3.42. The van der Waals surface area contributed by atoms with Crippen molar-refractivity contribution in [2.24, 2.45) is 10.9 Å². The number of aliphatic imine (C=N–C) groups is 1. The molecule has 1 N–H and O–H groups in total. The molecule has 0 bridgehead atoms. The molecule has 1 aliphatic heterocycles. The second-order valence-electron chi connectivity index (χ2n) is 5.53. The van der Waals surface area contributed by atoms with E-state index in [0.717, 1.165) is 44.5 Å². The molecule has 1 aromatic rings. The predicted octanol–water partition coefficient (Wildman–Crippen LogP) is 3.54. The molecule has 0 aromatic heterocycles. The molecule has 3 nitrogen and oxygen atoms in total. The maximum absolute atomic E-state index is 4.69. The molecule has 0 saturated carbocycles. The first kappa shape index (κ1) is 18.3. The first-order valence-electron chi connectivity index (χ1n) is 7.90. The Bertz CT molecular complexity index is 419. The quantitative estimate of drug-likeness (QED) is 0.464. The van der Waals surface area contributed by atoms with Gasteiger partial charge in [-0.2, -0.15) is 0 Å². The lowest BCUT2D eigenvalue weighted by atomic mass is 9.99. The van der Waals surface area contributed by atoms with Crippen LogP contribution in [0, 0.1) is 5.92 Å². The molecule has 1 atom stereocenters. The molecule has 1 fully saturated rings. The lowest BCUT2D eigenvalue weighted by Crippen LogP contribution is -2.40. The van der Waals surface area contributed by atoms with E-state index in [1.165, 1.54) is 18.4 Å². The fourth-order valence-electron chi connectivity index (χ4n) is 2.78. The highest BCUT2D eigenvalue weighted by Crippen LogP contribution is 2.20. The van der Waals surface area contributed by atoms with Crippen molar-refractivity contribution in [3.8, 4) is 0 Å². The number of nitrogens with zero attached hydrogens (tertiary/aromatic N) is 2. The van der Waals surface area contributed by atoms with Crippen molar-refractivity contribution in [1.82, 2.24) is 10.2 Å². The Labute approximate surface area is 146 Å². The monoisotopic (exact) mass is 401 g/mol. The molecule has 1 unspecified atom stereocenters. The van der Waals surface area contributed by atoms with Gasteiger partial charge in [-0.05, 0) is 37.7 Å². The fourth-order valence-corrected chi connectivity index (χ4v) is 2.78. The number of likely N-dealkylation sites (tertiary alicyclic amines) is 1. The van der Waals surface area contributed by atoms with Crippen molar-refractivity contribution in [1.29, 1.82) is 0 Å². The first-order valence-corrected chi connectivity index (χ1v) is 7.90. The van der Waals surface area contributed by atoms with Gasteiger partial charge in [-0.1, -0.05) is 37.3 Å². The van der Waals surface area contributed by atoms with Gasteiger partial charge in [-0.25, -0.2) is 0 Å². The van der Waals surface area contributed by atoms with Crippen LogP contribution in [0.4, 0.5) is 0 Å². The minimum Gasteiger partial charge on any atom is -0.357 e. The van der Waals surface area contributed by atoms with E-state index >= 15 is 0 Å². The summed E-state index contributed by atoms with van der Waals surface area (Å²) in [5.41, 5.74) is 1.45. The summed E-state index contributed by atoms with van der Waals surface area (Å²) in [6.45, 7) is 8.44. The Morgan fingerprint density at radius 3 is 2.71 bits per heavy atom. The van der Waals surface area contributed by atoms with Crippen molar-refractivity contribution in [3.63, 3.8) is 0 Å². The Hall–Kier alpha value is -0.780. The van der Waals surface area contributed by atoms with Gasteiger partial charge in [-0.15, -0.1) is 24.0 Å². The smallest absolute Gasteiger partial charge is 0.193 e. The summed E-state index contributed by atoms with van der Waals surface area (Å²) in [7, 11) is 0. The van der Waals surface area contributed by atoms with Crippen molar-refractivity contribution < 1.29 is 0 Å². The predicted molar refractivity (Wildman–Crippen MR) is 102 cm³/mol. The zero-order valence-electron chi connectivity index (χ0n) is 13.2. The minimum atomic E-state index is 0. The molecule has 1 heterocycles. The van der Waals surface area contributed by atoms with E-state index in [9.17, 15) is 0 Å². The third kappa shape index (κ3) is 5.85. The molecule has 2 rings (SSSR count). The Balaban J connectivity index is 0.00000220. The highest BCUT2D eigenvalue weighted by molar-refractivity contribution is 14.0. The standard InChI is InChI=1S/C17H27N3.HI/c1-3-11-19-17(18-4-2)20-12-10-16(14-20)13-15-8-6-5-7-9-15;/h5-9,16H,3-4,10-14H2,1-2H3,(H,18,19);1H. The van der Waals surface area contributed by atoms with Crippen molar-refractivity contribution in [2.75, 3.05) is 26.2 Å². The van der Waals surface area contributed by atoms with Crippen LogP contribution in [-0.2, 0) is 6.42 Å². The van der Waals surface area contributed by atoms with E-state index in [2.05, 4.69) is 59.4 Å². The second kappa shape index (κ2) is 10.0. The van der Waals surface area contributed by atoms with Crippen LogP contribution in [0.1, 0.15) is 32.3 Å². The topological polar surface area (TPSA) is 27.6 Å². The molecule has 0 aliphatic carbocycles. The number of halogens is 1. The number of nitrogens with one attached hydrogen (secondary N) is 1. The zero-order chi connectivity index (χ0) is 14.2. The molecule has 1 aliphatic rings. The Morgan fingerprint density at radius 2 is 2.05 bits per heavy atom. The Morgan fingerprint density at radius 1 is 1.29 bits per heavy atom. The average Bonchev–Trinajstić information content (AvgIpc) is 2.93. The number of rotatable bonds is 5. The van der Waals surface area contributed by atoms with E-state index in [1.54, 1.807) is 0 Å². The van der Waals surface area contributed by atoms with Gasteiger partial charge in [0, 0.05) is 26.2 Å². The van der Waals surface area contributed by atoms with Crippen LogP contribution in [0.15, 0.2) is 35.3 Å². The maximum atomic E-state index is 4.69. The summed E-state index contributed by atoms with van der Waals surface area (Å²) in [4.78, 5) is 7.11. The molecule has 4 heteroatoms. The van der Waals surface area contributed by atoms with Gasteiger partial charge in [0.1, 0.15) is 0 Å². The molecule has 0 spiro atoms. The van der Waals surface area contributed by atoms with E-state index in [1.807, 2.05) is 0 Å². The second-order valence-corrected chi connectivity index (χ2v) is 5.53. The average molecular weight is 401 g/mol. The molecule has 21 heavy (non-hydrogen) atoms. The Kier molecular flexibility index (Phi) is 8.73. The van der Waals surface area contributed by atoms with Gasteiger partial charge in [0.2, 0.25) is 0 Å². The van der Waals surface area contributed by atoms with Gasteiger partial charge in [0.15, 0.2) is 5.96 Å². The van der Waals surface area contributed by atoms with E-state index < -0.39 is 0 Å². The normalized spacial score (nSPS) is 18.5. The molecule has 118 valence electrons. The molecule has 1 saturated heterocycles. The summed E-state index contributed by atoms with van der Waals surface area (Å²) in [5.74, 6) is 1.85. The maximum Gasteiger partial charge on any atom is 0.193 e. The summed E-state index contributed by atoms with van der Waals surface area (Å²) in [6, 6.07) is 10.8. The van der Waals surface area contributed by atoms with Crippen LogP contribution in [0.3, 0.4) is 0 Å². The van der Waals surface area contributed by atoms with E-state index in [-0.39, 0.29) is 24.0 Å². The molecule has 0 amide bonds. The van der Waals surface area contributed by atoms with Gasteiger partial charge < -0.3 is 10.2 Å². The summed E-state index contributed by atoms with van der Waals surface area (Å²) >= 11 is 0. The molecule has 1 aromatic carbocycles. The number of hydrogen-bond acceptors (Lipinski definition) is 1. The van der Waals surface area contributed by atoms with Crippen LogP contribution in [0.25, 0.3) is 0 Å². The van der Waals surface area contributed by atoms with Crippen LogP contribution in [0.5, 0.6) is 0 Å². The van der Waals surface area contributed by atoms with E-state index in [0.29, 0.717) is 0 Å². The lowest BCUT2D eigenvalue weighted by Gasteiger charge is -2.21. The molecular weight excluding hydrogens is 373 g/mol. The molecule has 0 radical (unpaired) electrons. The van der Waals surface area contributed by atoms with Gasteiger partial charge in [0.05, 0.1) is 0 Å². The van der Waals surface area contributed by atoms with Crippen LogP contribution < -0.4 is 5.32 Å². The first-order chi connectivity index (χ1) is 9.83. The van der Waals surface area contributed by atoms with Gasteiger partial charge in [0.25, 0.3) is 0 Å². The van der Waals surface area contributed by atoms with Crippen LogP contribution in [0.2, 0.25) is 0 Å². The largest absolute Gasteiger partial charge is 0.357 e. The summed E-state index contributed by atoms with van der Waals surface area (Å²) in [6.07, 6.45) is 3.56. The third-order valence-corrected chi connectivity index (χ3v) is 3.77. The third-order valence-electron chi connectivity index (χ3n) is 3.77. The minimum absolute atomic E-state index is 0. The van der Waals surface area contributed by atoms with E-state index in [4.69, 9.17) is 0 Å². The van der Waals surface area contributed by atoms with Crippen molar-refractivity contribution in [3.05, 3.63) is 35.9 Å². The van der Waals surface area contributed by atoms with Crippen molar-refractivity contribution >= 4 is 29.9 Å². The lowest BCUT2D eigenvalue weighted by molar-refractivity contribution is 0.460. The SMILES string of the molecule is CCCN=C(NCC)N1CCC(Cc2ccccc2)C1.I. The fraction of sp³-hybridized carbons (Fsp3) is 0.588. The summed E-state index contributed by atoms with van der Waals surface area (Å²) < 4.78 is 0. The number of benzene rings is 1. The van der Waals surface area contributed by atoms with Gasteiger partial charge >= 0.3 is 0 Å². The van der Waals surface area contributed by atoms with Gasteiger partial charge in [-0.3, -0.25) is 4.99 Å². The number of hydrogen-bond donors (Lipinski definition) is 1. The highest BCUT2D eigenvalue weighted by atomic mass is 127. The zero-order valence-corrected chi connectivity index (χ0v) is 15.5. The van der Waals surface area contributed by atoms with Crippen LogP contribution in [-0.4, -0.2) is 37.0 Å². The number of guanidine groups is 1.